The molecule has 0 saturated heterocycles. The van der Waals surface area contributed by atoms with Crippen LogP contribution in [0.2, 0.25) is 0 Å². The fraction of sp³-hybridized carbons (Fsp3) is 0.423. The van der Waals surface area contributed by atoms with Crippen molar-refractivity contribution in [3.05, 3.63) is 84.0 Å². The van der Waals surface area contributed by atoms with Crippen LogP contribution in [0.3, 0.4) is 0 Å². The molecular weight excluding hydrogens is 378 g/mol. The van der Waals surface area contributed by atoms with Crippen molar-refractivity contribution in [2.24, 2.45) is 11.0 Å². The van der Waals surface area contributed by atoms with Crippen LogP contribution in [0.5, 0.6) is 0 Å². The maximum Gasteiger partial charge on any atom is 0.110 e. The SMILES string of the molecule is C=CC.C=CCC(CC)C1(c2ccccc2C)CC(C2=C(F)CCC(F)=C2)=NN1C. The Kier molecular flexibility index (Phi) is 8.33. The molecule has 1 aliphatic carbocycles. The molecule has 0 bridgehead atoms. The predicted octanol–water partition coefficient (Wildman–Crippen LogP) is 7.55. The Morgan fingerprint density at radius 2 is 1.90 bits per heavy atom. The first-order valence-electron chi connectivity index (χ1n) is 10.7. The van der Waals surface area contributed by atoms with E-state index in [1.165, 1.54) is 17.2 Å². The third kappa shape index (κ3) is 4.63. The second kappa shape index (κ2) is 10.5. The number of benzene rings is 1. The maximum atomic E-state index is 14.5. The third-order valence-electron chi connectivity index (χ3n) is 6.00. The van der Waals surface area contributed by atoms with Crippen LogP contribution in [0.15, 0.2) is 78.0 Å². The van der Waals surface area contributed by atoms with Gasteiger partial charge in [-0.15, -0.1) is 13.2 Å². The molecule has 30 heavy (non-hydrogen) atoms. The Labute approximate surface area is 180 Å². The lowest BCUT2D eigenvalue weighted by Gasteiger charge is -2.43. The fourth-order valence-corrected chi connectivity index (χ4v) is 4.59. The zero-order chi connectivity index (χ0) is 22.3. The molecule has 0 spiro atoms. The maximum absolute atomic E-state index is 14.5. The Morgan fingerprint density at radius 3 is 2.50 bits per heavy atom. The van der Waals surface area contributed by atoms with E-state index in [1.807, 2.05) is 37.2 Å². The standard InChI is InChI=1S/C23H28F2N2.C3H6/c1-5-9-17(6-2)23(20-11-8-7-10-16(20)3)15-22(26-27(23)4)19-14-18(24)12-13-21(19)25;1-3-2/h5,7-8,10-11,14,17H,1,6,9,12-13,15H2,2-4H3;3H,1H2,2H3. The van der Waals surface area contributed by atoms with Crippen LogP contribution in [0.25, 0.3) is 0 Å². The van der Waals surface area contributed by atoms with Crippen molar-refractivity contribution < 1.29 is 8.78 Å². The normalized spacial score (nSPS) is 22.0. The Hall–Kier alpha value is -2.49. The van der Waals surface area contributed by atoms with Crippen LogP contribution in [-0.4, -0.2) is 17.8 Å². The highest BCUT2D eigenvalue weighted by Gasteiger charge is 2.48. The van der Waals surface area contributed by atoms with E-state index >= 15 is 0 Å². The number of nitrogens with zero attached hydrogens (tertiary/aromatic N) is 2. The van der Waals surface area contributed by atoms with Gasteiger partial charge < -0.3 is 0 Å². The summed E-state index contributed by atoms with van der Waals surface area (Å²) in [7, 11) is 1.95. The first-order valence-corrected chi connectivity index (χ1v) is 10.7. The molecule has 0 N–H and O–H groups in total. The second-order valence-electron chi connectivity index (χ2n) is 7.93. The first kappa shape index (κ1) is 23.8. The summed E-state index contributed by atoms with van der Waals surface area (Å²) in [6, 6.07) is 8.30. The van der Waals surface area contributed by atoms with Gasteiger partial charge in [0.2, 0.25) is 0 Å². The number of hydrazone groups is 1. The average molecular weight is 413 g/mol. The molecule has 162 valence electrons. The second-order valence-corrected chi connectivity index (χ2v) is 7.93. The lowest BCUT2D eigenvalue weighted by molar-refractivity contribution is 0.0752. The van der Waals surface area contributed by atoms with E-state index < -0.39 is 5.54 Å². The van der Waals surface area contributed by atoms with Crippen molar-refractivity contribution in [1.82, 2.24) is 5.01 Å². The Balaban J connectivity index is 0.00000101. The smallest absolute Gasteiger partial charge is 0.110 e. The molecule has 1 aliphatic heterocycles. The molecule has 1 aromatic carbocycles. The molecule has 2 atom stereocenters. The molecule has 0 aromatic heterocycles. The zero-order valence-electron chi connectivity index (χ0n) is 18.7. The highest BCUT2D eigenvalue weighted by molar-refractivity contribution is 6.04. The molecule has 2 nitrogen and oxygen atoms in total. The van der Waals surface area contributed by atoms with Gasteiger partial charge in [-0.25, -0.2) is 8.78 Å². The van der Waals surface area contributed by atoms with E-state index in [1.54, 1.807) is 6.08 Å². The highest BCUT2D eigenvalue weighted by atomic mass is 19.1. The average Bonchev–Trinajstić information content (AvgIpc) is 3.06. The summed E-state index contributed by atoms with van der Waals surface area (Å²) in [5.74, 6) is -0.271. The van der Waals surface area contributed by atoms with Gasteiger partial charge >= 0.3 is 0 Å². The molecule has 1 aromatic rings. The van der Waals surface area contributed by atoms with Crippen LogP contribution in [0.4, 0.5) is 8.78 Å². The molecule has 0 saturated carbocycles. The molecule has 0 amide bonds. The van der Waals surface area contributed by atoms with Crippen LogP contribution >= 0.6 is 0 Å². The van der Waals surface area contributed by atoms with Crippen molar-refractivity contribution in [3.63, 3.8) is 0 Å². The van der Waals surface area contributed by atoms with Gasteiger partial charge in [0.1, 0.15) is 11.7 Å². The number of aryl methyl sites for hydroxylation is 1. The van der Waals surface area contributed by atoms with E-state index in [2.05, 4.69) is 39.1 Å². The predicted molar refractivity (Wildman–Crippen MR) is 124 cm³/mol. The summed E-state index contributed by atoms with van der Waals surface area (Å²) in [6.07, 6.45) is 7.61. The van der Waals surface area contributed by atoms with E-state index in [0.29, 0.717) is 17.7 Å². The topological polar surface area (TPSA) is 15.6 Å². The van der Waals surface area contributed by atoms with Crippen molar-refractivity contribution in [2.75, 3.05) is 7.05 Å². The van der Waals surface area contributed by atoms with Gasteiger partial charge in [0.25, 0.3) is 0 Å². The highest BCUT2D eigenvalue weighted by Crippen LogP contribution is 2.48. The summed E-state index contributed by atoms with van der Waals surface area (Å²) in [4.78, 5) is 0. The molecule has 4 heteroatoms. The monoisotopic (exact) mass is 412 g/mol. The zero-order valence-corrected chi connectivity index (χ0v) is 18.7. The first-order chi connectivity index (χ1) is 14.3. The van der Waals surface area contributed by atoms with E-state index in [9.17, 15) is 8.78 Å². The minimum absolute atomic E-state index is 0.113. The van der Waals surface area contributed by atoms with Gasteiger partial charge in [0.05, 0.1) is 11.3 Å². The Bertz CT molecular complexity index is 866. The number of hydrogen-bond donors (Lipinski definition) is 0. The fourth-order valence-electron chi connectivity index (χ4n) is 4.59. The summed E-state index contributed by atoms with van der Waals surface area (Å²) < 4.78 is 28.4. The summed E-state index contributed by atoms with van der Waals surface area (Å²) in [5.41, 5.74) is 2.95. The van der Waals surface area contributed by atoms with Gasteiger partial charge in [-0.05, 0) is 43.4 Å². The number of allylic oxidation sites excluding steroid dienone is 6. The number of rotatable bonds is 6. The molecule has 0 radical (unpaired) electrons. The summed E-state index contributed by atoms with van der Waals surface area (Å²) in [6.45, 7) is 13.5. The Morgan fingerprint density at radius 1 is 1.23 bits per heavy atom. The molecule has 3 rings (SSSR count). The van der Waals surface area contributed by atoms with Crippen LogP contribution in [-0.2, 0) is 5.54 Å². The van der Waals surface area contributed by atoms with Crippen molar-refractivity contribution in [1.29, 1.82) is 0 Å². The lowest BCUT2D eigenvalue weighted by Crippen LogP contribution is -2.45. The van der Waals surface area contributed by atoms with Gasteiger partial charge in [-0.3, -0.25) is 5.01 Å². The quantitative estimate of drug-likeness (QED) is 0.440. The minimum Gasteiger partial charge on any atom is -0.289 e. The molecule has 2 unspecified atom stereocenters. The molecular formula is C26H34F2N2. The molecule has 0 fully saturated rings. The van der Waals surface area contributed by atoms with Gasteiger partial charge in [-0.1, -0.05) is 49.8 Å². The van der Waals surface area contributed by atoms with Crippen molar-refractivity contribution >= 4 is 5.71 Å². The largest absolute Gasteiger partial charge is 0.289 e. The number of hydrogen-bond acceptors (Lipinski definition) is 2. The van der Waals surface area contributed by atoms with Gasteiger partial charge in [-0.2, -0.15) is 5.10 Å². The van der Waals surface area contributed by atoms with Crippen LogP contribution < -0.4 is 0 Å². The lowest BCUT2D eigenvalue weighted by atomic mass is 9.70. The number of halogens is 2. The van der Waals surface area contributed by atoms with Gasteiger partial charge in [0, 0.05) is 31.9 Å². The van der Waals surface area contributed by atoms with Gasteiger partial charge in [0.15, 0.2) is 0 Å². The van der Waals surface area contributed by atoms with E-state index in [-0.39, 0.29) is 30.4 Å². The van der Waals surface area contributed by atoms with Crippen molar-refractivity contribution in [3.8, 4) is 0 Å². The van der Waals surface area contributed by atoms with Crippen molar-refractivity contribution in [2.45, 2.75) is 58.4 Å². The molecule has 2 aliphatic rings. The third-order valence-corrected chi connectivity index (χ3v) is 6.00. The minimum atomic E-state index is -0.390. The van der Waals surface area contributed by atoms with E-state index in [4.69, 9.17) is 5.10 Å². The van der Waals surface area contributed by atoms with Crippen LogP contribution in [0, 0.1) is 12.8 Å². The van der Waals surface area contributed by atoms with E-state index in [0.717, 1.165) is 12.8 Å². The van der Waals surface area contributed by atoms with Crippen LogP contribution in [0.1, 0.15) is 57.1 Å². The molecule has 1 heterocycles. The summed E-state index contributed by atoms with van der Waals surface area (Å²) in [5, 5.41) is 6.70. The summed E-state index contributed by atoms with van der Waals surface area (Å²) >= 11 is 0.